The molecular weight excluding hydrogens is 466 g/mol. The van der Waals surface area contributed by atoms with Crippen molar-refractivity contribution in [3.05, 3.63) is 54.9 Å². The Labute approximate surface area is 217 Å². The summed E-state index contributed by atoms with van der Waals surface area (Å²) in [6.07, 6.45) is 9.33. The third kappa shape index (κ3) is 4.92. The predicted molar refractivity (Wildman–Crippen MR) is 146 cm³/mol. The molecule has 8 nitrogen and oxygen atoms in total. The number of hydrogen-bond donors (Lipinski definition) is 3. The van der Waals surface area contributed by atoms with E-state index < -0.39 is 6.09 Å². The highest BCUT2D eigenvalue weighted by Gasteiger charge is 2.31. The number of aromatic nitrogens is 1. The number of ether oxygens (including phenoxy) is 2. The van der Waals surface area contributed by atoms with Gasteiger partial charge in [-0.1, -0.05) is 12.1 Å². The number of hydrogen-bond acceptors (Lipinski definition) is 6. The van der Waals surface area contributed by atoms with Gasteiger partial charge in [-0.25, -0.2) is 4.79 Å². The first kappa shape index (κ1) is 23.6. The standard InChI is InChI=1S/C29H35N5O3/c1-19(20-5-6-20)37-29(35)32-22-9-7-21(8-10-22)28-27(30)25-12-11-24(36-16-15-33-14-13-31-18-33)17-26(25)34(28)23-3-2-4-23/h7-14,17,19-20,23,31H,2-6,15-16,18,30H2,1H3,(H,32,35). The minimum atomic E-state index is -0.403. The van der Waals surface area contributed by atoms with Crippen LogP contribution in [0.1, 0.15) is 45.1 Å². The summed E-state index contributed by atoms with van der Waals surface area (Å²) in [5.74, 6) is 1.36. The molecule has 3 aromatic rings. The highest BCUT2D eigenvalue weighted by Crippen LogP contribution is 2.45. The first-order valence-corrected chi connectivity index (χ1v) is 13.4. The lowest BCUT2D eigenvalue weighted by Crippen LogP contribution is -2.25. The molecule has 4 N–H and O–H groups in total. The maximum Gasteiger partial charge on any atom is 0.411 e. The molecule has 1 atom stereocenters. The zero-order valence-corrected chi connectivity index (χ0v) is 21.3. The van der Waals surface area contributed by atoms with E-state index in [1.807, 2.05) is 49.7 Å². The number of nitrogens with zero attached hydrogens (tertiary/aromatic N) is 2. The van der Waals surface area contributed by atoms with Crippen molar-refractivity contribution in [3.63, 3.8) is 0 Å². The van der Waals surface area contributed by atoms with Gasteiger partial charge in [0.1, 0.15) is 18.5 Å². The highest BCUT2D eigenvalue weighted by molar-refractivity contribution is 6.01. The average molecular weight is 502 g/mol. The van der Waals surface area contributed by atoms with Crippen LogP contribution in [0.3, 0.4) is 0 Å². The Kier molecular flexibility index (Phi) is 6.32. The van der Waals surface area contributed by atoms with Gasteiger partial charge in [-0.3, -0.25) is 5.32 Å². The van der Waals surface area contributed by atoms with Crippen LogP contribution in [0, 0.1) is 5.92 Å². The number of rotatable bonds is 9. The molecule has 0 spiro atoms. The Morgan fingerprint density at radius 3 is 2.65 bits per heavy atom. The van der Waals surface area contributed by atoms with Crippen molar-refractivity contribution < 1.29 is 14.3 Å². The van der Waals surface area contributed by atoms with Crippen molar-refractivity contribution in [3.8, 4) is 17.0 Å². The van der Waals surface area contributed by atoms with E-state index in [4.69, 9.17) is 15.2 Å². The zero-order valence-electron chi connectivity index (χ0n) is 21.3. The summed E-state index contributed by atoms with van der Waals surface area (Å²) in [6, 6.07) is 14.5. The second-order valence-electron chi connectivity index (χ2n) is 10.4. The van der Waals surface area contributed by atoms with Crippen molar-refractivity contribution in [2.24, 2.45) is 5.92 Å². The van der Waals surface area contributed by atoms with Gasteiger partial charge in [0.2, 0.25) is 0 Å². The van der Waals surface area contributed by atoms with Gasteiger partial charge in [-0.15, -0.1) is 0 Å². The summed E-state index contributed by atoms with van der Waals surface area (Å²) in [4.78, 5) is 14.5. The molecule has 0 saturated heterocycles. The quantitative estimate of drug-likeness (QED) is 0.350. The molecule has 6 rings (SSSR count). The number of anilines is 2. The topological polar surface area (TPSA) is 93.8 Å². The molecule has 1 unspecified atom stereocenters. The maximum absolute atomic E-state index is 12.3. The van der Waals surface area contributed by atoms with Crippen LogP contribution < -0.4 is 21.1 Å². The molecule has 1 aliphatic heterocycles. The van der Waals surface area contributed by atoms with E-state index in [9.17, 15) is 4.79 Å². The van der Waals surface area contributed by atoms with Crippen LogP contribution >= 0.6 is 0 Å². The van der Waals surface area contributed by atoms with E-state index in [-0.39, 0.29) is 6.10 Å². The molecular formula is C29H35N5O3. The fourth-order valence-electron chi connectivity index (χ4n) is 5.23. The lowest BCUT2D eigenvalue weighted by molar-refractivity contribution is 0.108. The summed E-state index contributed by atoms with van der Waals surface area (Å²) >= 11 is 0. The normalized spacial score (nSPS) is 17.9. The van der Waals surface area contributed by atoms with Crippen LogP contribution in [0.25, 0.3) is 22.2 Å². The number of nitrogen functional groups attached to an aromatic ring is 1. The lowest BCUT2D eigenvalue weighted by Gasteiger charge is -2.30. The molecule has 2 fully saturated rings. The molecule has 2 saturated carbocycles. The molecule has 194 valence electrons. The molecule has 0 radical (unpaired) electrons. The molecule has 37 heavy (non-hydrogen) atoms. The van der Waals surface area contributed by atoms with E-state index in [1.54, 1.807) is 0 Å². The highest BCUT2D eigenvalue weighted by atomic mass is 16.6. The fourth-order valence-corrected chi connectivity index (χ4v) is 5.23. The van der Waals surface area contributed by atoms with E-state index in [2.05, 4.69) is 32.2 Å². The maximum atomic E-state index is 12.3. The van der Waals surface area contributed by atoms with Crippen LogP contribution in [0.5, 0.6) is 5.75 Å². The van der Waals surface area contributed by atoms with Crippen molar-refractivity contribution >= 4 is 28.4 Å². The largest absolute Gasteiger partial charge is 0.492 e. The van der Waals surface area contributed by atoms with Crippen molar-refractivity contribution in [1.29, 1.82) is 0 Å². The first-order valence-electron chi connectivity index (χ1n) is 13.4. The van der Waals surface area contributed by atoms with Gasteiger partial charge in [0, 0.05) is 41.1 Å². The molecule has 3 aliphatic rings. The Bertz CT molecular complexity index is 1310. The molecule has 2 aromatic carbocycles. The van der Waals surface area contributed by atoms with Crippen LogP contribution in [0.15, 0.2) is 54.9 Å². The minimum Gasteiger partial charge on any atom is -0.492 e. The summed E-state index contributed by atoms with van der Waals surface area (Å²) in [6.45, 7) is 4.22. The number of nitrogens with one attached hydrogen (secondary N) is 2. The van der Waals surface area contributed by atoms with E-state index in [1.165, 1.54) is 6.42 Å². The summed E-state index contributed by atoms with van der Waals surface area (Å²) < 4.78 is 14.0. The van der Waals surface area contributed by atoms with Gasteiger partial charge in [0.25, 0.3) is 0 Å². The summed E-state index contributed by atoms with van der Waals surface area (Å²) in [7, 11) is 0. The Balaban J connectivity index is 1.23. The van der Waals surface area contributed by atoms with Crippen molar-refractivity contribution in [1.82, 2.24) is 14.8 Å². The van der Waals surface area contributed by atoms with Crippen LogP contribution in [-0.2, 0) is 4.74 Å². The molecule has 1 aromatic heterocycles. The number of nitrogens with two attached hydrogens (primary N) is 1. The third-order valence-electron chi connectivity index (χ3n) is 7.78. The third-order valence-corrected chi connectivity index (χ3v) is 7.78. The second kappa shape index (κ2) is 9.92. The predicted octanol–water partition coefficient (Wildman–Crippen LogP) is 5.68. The number of amides is 1. The van der Waals surface area contributed by atoms with Gasteiger partial charge in [-0.2, -0.15) is 0 Å². The zero-order chi connectivity index (χ0) is 25.4. The number of carbonyl (C=O) groups excluding carboxylic acids is 1. The molecule has 0 bridgehead atoms. The fraction of sp³-hybridized carbons (Fsp3) is 0.414. The van der Waals surface area contributed by atoms with Gasteiger partial charge in [-0.05, 0) is 69.2 Å². The van der Waals surface area contributed by atoms with E-state index in [0.717, 1.165) is 72.5 Å². The minimum absolute atomic E-state index is 0.0415. The molecule has 2 heterocycles. The Morgan fingerprint density at radius 2 is 1.97 bits per heavy atom. The van der Waals surface area contributed by atoms with Gasteiger partial charge < -0.3 is 30.0 Å². The van der Waals surface area contributed by atoms with Crippen molar-refractivity contribution in [2.45, 2.75) is 51.2 Å². The monoisotopic (exact) mass is 501 g/mol. The van der Waals surface area contributed by atoms with Gasteiger partial charge in [0.15, 0.2) is 0 Å². The second-order valence-corrected chi connectivity index (χ2v) is 10.4. The Hall–Kier alpha value is -3.81. The van der Waals surface area contributed by atoms with Crippen molar-refractivity contribution in [2.75, 3.05) is 30.9 Å². The number of benzene rings is 2. The van der Waals surface area contributed by atoms with E-state index >= 15 is 0 Å². The van der Waals surface area contributed by atoms with Gasteiger partial charge in [0.05, 0.1) is 30.1 Å². The smallest absolute Gasteiger partial charge is 0.411 e. The van der Waals surface area contributed by atoms with Crippen LogP contribution in [-0.4, -0.2) is 41.5 Å². The average Bonchev–Trinajstić information content (AvgIpc) is 3.52. The van der Waals surface area contributed by atoms with Crippen LogP contribution in [0.4, 0.5) is 16.2 Å². The first-order chi connectivity index (χ1) is 18.1. The molecule has 2 aliphatic carbocycles. The molecule has 1 amide bonds. The number of carbonyl (C=O) groups is 1. The summed E-state index contributed by atoms with van der Waals surface area (Å²) in [5, 5.41) is 7.07. The SMILES string of the molecule is CC(OC(=O)Nc1ccc(-c2c(N)c3ccc(OCCN4C=CNC4)cc3n2C2CCC2)cc1)C1CC1. The Morgan fingerprint density at radius 1 is 1.16 bits per heavy atom. The summed E-state index contributed by atoms with van der Waals surface area (Å²) in [5.41, 5.74) is 11.4. The van der Waals surface area contributed by atoms with E-state index in [0.29, 0.717) is 24.3 Å². The van der Waals surface area contributed by atoms with Gasteiger partial charge >= 0.3 is 6.09 Å². The van der Waals surface area contributed by atoms with Crippen LogP contribution in [0.2, 0.25) is 0 Å². The molecule has 8 heteroatoms. The number of fused-ring (bicyclic) bond motifs is 1. The lowest BCUT2D eigenvalue weighted by atomic mass is 9.92.